The molecular weight excluding hydrogens is 310 g/mol. The second kappa shape index (κ2) is 6.01. The van der Waals surface area contributed by atoms with Crippen LogP contribution < -0.4 is 5.32 Å². The third-order valence-electron chi connectivity index (χ3n) is 7.21. The summed E-state index contributed by atoms with van der Waals surface area (Å²) >= 11 is 0. The van der Waals surface area contributed by atoms with E-state index in [9.17, 15) is 0 Å². The molecule has 1 aromatic carbocycles. The zero-order chi connectivity index (χ0) is 16.9. The van der Waals surface area contributed by atoms with Crippen molar-refractivity contribution in [1.29, 1.82) is 0 Å². The summed E-state index contributed by atoms with van der Waals surface area (Å²) in [5.41, 5.74) is 2.89. The maximum absolute atomic E-state index is 5.54. The van der Waals surface area contributed by atoms with Crippen LogP contribution in [0.3, 0.4) is 0 Å². The third-order valence-corrected chi connectivity index (χ3v) is 7.21. The van der Waals surface area contributed by atoms with Crippen LogP contribution in [0.5, 0.6) is 0 Å². The van der Waals surface area contributed by atoms with Crippen LogP contribution >= 0.6 is 0 Å². The van der Waals surface area contributed by atoms with Gasteiger partial charge >= 0.3 is 0 Å². The summed E-state index contributed by atoms with van der Waals surface area (Å²) in [6.45, 7) is 3.75. The van der Waals surface area contributed by atoms with E-state index in [1.54, 1.807) is 0 Å². The largest absolute Gasteiger partial charge is 0.388 e. The van der Waals surface area contributed by atoms with Gasteiger partial charge in [0.15, 0.2) is 0 Å². The van der Waals surface area contributed by atoms with Gasteiger partial charge in [-0.25, -0.2) is 0 Å². The fourth-order valence-electron chi connectivity index (χ4n) is 6.09. The Morgan fingerprint density at radius 3 is 2.72 bits per heavy atom. The molecule has 2 heterocycles. The van der Waals surface area contributed by atoms with E-state index in [1.165, 1.54) is 42.8 Å². The minimum atomic E-state index is 0.178. The van der Waals surface area contributed by atoms with Crippen LogP contribution in [0.15, 0.2) is 29.3 Å². The molecule has 2 saturated carbocycles. The van der Waals surface area contributed by atoms with E-state index in [1.807, 2.05) is 7.05 Å². The van der Waals surface area contributed by atoms with E-state index in [0.29, 0.717) is 5.92 Å². The van der Waals surface area contributed by atoms with Crippen molar-refractivity contribution < 1.29 is 4.74 Å². The lowest BCUT2D eigenvalue weighted by Gasteiger charge is -2.39. The van der Waals surface area contributed by atoms with E-state index in [-0.39, 0.29) is 5.54 Å². The van der Waals surface area contributed by atoms with Gasteiger partial charge in [0, 0.05) is 38.2 Å². The molecule has 25 heavy (non-hydrogen) atoms. The van der Waals surface area contributed by atoms with Crippen LogP contribution in [0.25, 0.3) is 0 Å². The Hall–Kier alpha value is -1.55. The molecule has 2 aliphatic carbocycles. The first-order valence-corrected chi connectivity index (χ1v) is 9.99. The van der Waals surface area contributed by atoms with Gasteiger partial charge < -0.3 is 15.0 Å². The average molecular weight is 339 g/mol. The Bertz CT molecular complexity index is 664. The predicted octanol–water partition coefficient (Wildman–Crippen LogP) is 3.51. The van der Waals surface area contributed by atoms with Crippen molar-refractivity contribution in [3.05, 3.63) is 29.8 Å². The second-order valence-electron chi connectivity index (χ2n) is 8.24. The predicted molar refractivity (Wildman–Crippen MR) is 101 cm³/mol. The number of anilines is 1. The van der Waals surface area contributed by atoms with Gasteiger partial charge in [-0.05, 0) is 55.2 Å². The number of nitrogens with one attached hydrogen (secondary N) is 1. The van der Waals surface area contributed by atoms with Gasteiger partial charge in [0.05, 0.1) is 24.6 Å². The lowest BCUT2D eigenvalue weighted by Crippen LogP contribution is -2.41. The Balaban J connectivity index is 1.48. The molecule has 1 N–H and O–H groups in total. The number of ether oxygens (including phenoxy) is 1. The Kier molecular flexibility index (Phi) is 3.77. The molecule has 1 aromatic rings. The summed E-state index contributed by atoms with van der Waals surface area (Å²) in [6, 6.07) is 9.16. The molecule has 0 aromatic heterocycles. The van der Waals surface area contributed by atoms with Gasteiger partial charge in [-0.3, -0.25) is 4.99 Å². The van der Waals surface area contributed by atoms with Crippen LogP contribution in [0.2, 0.25) is 0 Å². The molecule has 3 fully saturated rings. The number of morpholine rings is 1. The molecule has 0 radical (unpaired) electrons. The molecule has 4 unspecified atom stereocenters. The average Bonchev–Trinajstić information content (AvgIpc) is 3.38. The van der Waals surface area contributed by atoms with Gasteiger partial charge in [0.2, 0.25) is 0 Å². The van der Waals surface area contributed by atoms with Crippen molar-refractivity contribution in [3.8, 4) is 0 Å². The van der Waals surface area contributed by atoms with E-state index in [0.717, 1.165) is 44.6 Å². The van der Waals surface area contributed by atoms with E-state index in [2.05, 4.69) is 34.5 Å². The fourth-order valence-corrected chi connectivity index (χ4v) is 6.09. The van der Waals surface area contributed by atoms with Crippen LogP contribution in [0, 0.1) is 11.8 Å². The maximum atomic E-state index is 5.54. The summed E-state index contributed by atoms with van der Waals surface area (Å²) in [6.07, 6.45) is 6.58. The minimum absolute atomic E-state index is 0.178. The number of hydrogen-bond donors (Lipinski definition) is 1. The number of rotatable bonds is 2. The first-order valence-electron chi connectivity index (χ1n) is 9.99. The number of amidine groups is 1. The molecule has 4 atom stereocenters. The Morgan fingerprint density at radius 1 is 1.16 bits per heavy atom. The van der Waals surface area contributed by atoms with Crippen molar-refractivity contribution >= 4 is 11.5 Å². The monoisotopic (exact) mass is 339 g/mol. The second-order valence-corrected chi connectivity index (χ2v) is 8.24. The minimum Gasteiger partial charge on any atom is -0.388 e. The summed E-state index contributed by atoms with van der Waals surface area (Å²) in [7, 11) is 1.99. The quantitative estimate of drug-likeness (QED) is 0.896. The highest BCUT2D eigenvalue weighted by Crippen LogP contribution is 2.63. The highest BCUT2D eigenvalue weighted by molar-refractivity contribution is 5.85. The molecule has 1 saturated heterocycles. The van der Waals surface area contributed by atoms with Gasteiger partial charge in [-0.15, -0.1) is 0 Å². The van der Waals surface area contributed by atoms with Crippen LogP contribution in [-0.2, 0) is 4.74 Å². The van der Waals surface area contributed by atoms with Crippen molar-refractivity contribution in [2.24, 2.45) is 16.8 Å². The summed E-state index contributed by atoms with van der Waals surface area (Å²) < 4.78 is 5.54. The molecule has 4 nitrogen and oxygen atoms in total. The SMILES string of the molecule is CNc1ccc(C2C3CCC(C3)C23CCC(N2CCOCC2)=N3)cc1. The fraction of sp³-hybridized carbons (Fsp3) is 0.667. The zero-order valence-electron chi connectivity index (χ0n) is 15.2. The molecule has 4 heteroatoms. The molecule has 2 bridgehead atoms. The topological polar surface area (TPSA) is 36.9 Å². The number of benzene rings is 1. The normalized spacial score (nSPS) is 36.9. The highest BCUT2D eigenvalue weighted by Gasteiger charge is 2.60. The number of fused-ring (bicyclic) bond motifs is 3. The first-order chi connectivity index (χ1) is 12.3. The van der Waals surface area contributed by atoms with E-state index in [4.69, 9.17) is 9.73 Å². The molecule has 134 valence electrons. The van der Waals surface area contributed by atoms with Crippen molar-refractivity contribution in [2.45, 2.75) is 43.6 Å². The molecule has 1 spiro atoms. The lowest BCUT2D eigenvalue weighted by atomic mass is 9.69. The van der Waals surface area contributed by atoms with Crippen molar-refractivity contribution in [3.63, 3.8) is 0 Å². The zero-order valence-corrected chi connectivity index (χ0v) is 15.2. The summed E-state index contributed by atoms with van der Waals surface area (Å²) in [5.74, 6) is 3.62. The van der Waals surface area contributed by atoms with Gasteiger partial charge in [0.1, 0.15) is 0 Å². The summed E-state index contributed by atoms with van der Waals surface area (Å²) in [5, 5.41) is 3.24. The molecule has 5 rings (SSSR count). The molecule has 4 aliphatic rings. The van der Waals surface area contributed by atoms with Gasteiger partial charge in [-0.2, -0.15) is 0 Å². The maximum Gasteiger partial charge on any atom is 0.0998 e. The Morgan fingerprint density at radius 2 is 1.96 bits per heavy atom. The Labute approximate surface area is 150 Å². The van der Waals surface area contributed by atoms with Gasteiger partial charge in [0.25, 0.3) is 0 Å². The smallest absolute Gasteiger partial charge is 0.0998 e. The first kappa shape index (κ1) is 15.7. The van der Waals surface area contributed by atoms with Crippen molar-refractivity contribution in [1.82, 2.24) is 4.90 Å². The standard InChI is InChI=1S/C21H29N3O/c1-22-18-6-3-15(4-7-18)20-16-2-5-17(14-16)21(20)9-8-19(23-21)24-10-12-25-13-11-24/h3-4,6-7,16-17,20,22H,2,5,8-14H2,1H3. The lowest BCUT2D eigenvalue weighted by molar-refractivity contribution is 0.0674. The number of aliphatic imine (C=N–C) groups is 1. The van der Waals surface area contributed by atoms with E-state index < -0.39 is 0 Å². The van der Waals surface area contributed by atoms with Crippen molar-refractivity contribution in [2.75, 3.05) is 38.7 Å². The third kappa shape index (κ3) is 2.41. The highest BCUT2D eigenvalue weighted by atomic mass is 16.5. The van der Waals surface area contributed by atoms with E-state index >= 15 is 0 Å². The van der Waals surface area contributed by atoms with Crippen LogP contribution in [0.1, 0.15) is 43.6 Å². The molecule has 2 aliphatic heterocycles. The van der Waals surface area contributed by atoms with Crippen LogP contribution in [-0.4, -0.2) is 49.6 Å². The molecule has 0 amide bonds. The number of nitrogens with zero attached hydrogens (tertiary/aromatic N) is 2. The number of hydrogen-bond acceptors (Lipinski definition) is 4. The molecular formula is C21H29N3O. The summed E-state index contributed by atoms with van der Waals surface area (Å²) in [4.78, 5) is 7.99. The van der Waals surface area contributed by atoms with Crippen LogP contribution in [0.4, 0.5) is 5.69 Å². The van der Waals surface area contributed by atoms with Gasteiger partial charge in [-0.1, -0.05) is 12.1 Å².